The summed E-state index contributed by atoms with van der Waals surface area (Å²) in [4.78, 5) is 112. The highest BCUT2D eigenvalue weighted by Gasteiger charge is 2.43. The number of alkyl halides is 1. The van der Waals surface area contributed by atoms with E-state index in [1.165, 1.54) is 46.3 Å². The van der Waals surface area contributed by atoms with Gasteiger partial charge in [0.1, 0.15) is 48.1 Å². The monoisotopic (exact) mass is 1200 g/mol. The number of primary amides is 1. The van der Waals surface area contributed by atoms with Gasteiger partial charge in [0.05, 0.1) is 30.9 Å². The van der Waals surface area contributed by atoms with E-state index >= 15 is 8.78 Å². The summed E-state index contributed by atoms with van der Waals surface area (Å²) in [6, 6.07) is 9.61. The molecule has 2 fully saturated rings. The summed E-state index contributed by atoms with van der Waals surface area (Å²) >= 11 is 0. The molecule has 0 bridgehead atoms. The van der Waals surface area contributed by atoms with Crippen LogP contribution in [0.4, 0.5) is 37.6 Å². The van der Waals surface area contributed by atoms with Gasteiger partial charge in [-0.1, -0.05) is 44.5 Å². The number of benzene rings is 3. The van der Waals surface area contributed by atoms with Crippen molar-refractivity contribution in [3.63, 3.8) is 0 Å². The fourth-order valence-corrected chi connectivity index (χ4v) is 10.5. The first kappa shape index (κ1) is 65.2. The molecule has 0 aliphatic carbocycles. The molecule has 4 heterocycles. The number of amides is 10. The van der Waals surface area contributed by atoms with Crippen LogP contribution in [0, 0.1) is 35.2 Å². The van der Waals surface area contributed by atoms with Crippen LogP contribution in [0.1, 0.15) is 95.1 Å². The summed E-state index contributed by atoms with van der Waals surface area (Å²) in [5, 5.41) is 23.5. The molecule has 3 aliphatic heterocycles. The second-order valence-electron chi connectivity index (χ2n) is 22.1. The van der Waals surface area contributed by atoms with Crippen LogP contribution in [-0.4, -0.2) is 154 Å². The van der Waals surface area contributed by atoms with Crippen molar-refractivity contribution in [2.75, 3.05) is 57.9 Å². The number of nitrogens with zero attached hydrogens (tertiary/aromatic N) is 5. The van der Waals surface area contributed by atoms with E-state index in [-0.39, 0.29) is 106 Å². The Hall–Kier alpha value is -8.39. The summed E-state index contributed by atoms with van der Waals surface area (Å²) in [6.45, 7) is 4.41. The summed E-state index contributed by atoms with van der Waals surface area (Å²) < 4.78 is 74.2. The van der Waals surface area contributed by atoms with E-state index < -0.39 is 96.2 Å². The molecule has 6 unspecified atom stereocenters. The van der Waals surface area contributed by atoms with Gasteiger partial charge >= 0.3 is 18.2 Å². The smallest absolute Gasteiger partial charge is 0.410 e. The number of nitrogens with two attached hydrogens (primary N) is 1. The van der Waals surface area contributed by atoms with Crippen LogP contribution in [0.2, 0.25) is 0 Å². The van der Waals surface area contributed by atoms with Gasteiger partial charge in [0.25, 0.3) is 11.8 Å². The lowest BCUT2D eigenvalue weighted by Gasteiger charge is -2.40. The Morgan fingerprint density at radius 3 is 2.26 bits per heavy atom. The molecule has 464 valence electrons. The average Bonchev–Trinajstić information content (AvgIpc) is 1.85. The predicted octanol–water partition coefficient (Wildman–Crippen LogP) is 5.98. The zero-order valence-corrected chi connectivity index (χ0v) is 48.3. The van der Waals surface area contributed by atoms with E-state index in [0.717, 1.165) is 23.1 Å². The minimum Gasteiger partial charge on any atom is -0.445 e. The maximum Gasteiger partial charge on any atom is 0.410 e. The van der Waals surface area contributed by atoms with Crippen LogP contribution in [0.25, 0.3) is 11.3 Å². The molecule has 8 N–H and O–H groups in total. The molecule has 3 aromatic carbocycles. The lowest BCUT2D eigenvalue weighted by atomic mass is 9.89. The van der Waals surface area contributed by atoms with Gasteiger partial charge in [-0.3, -0.25) is 28.9 Å². The van der Waals surface area contributed by atoms with Gasteiger partial charge in [0, 0.05) is 87.9 Å². The number of unbranched alkanes of at least 4 members (excludes halogenated alkanes) is 2. The van der Waals surface area contributed by atoms with Gasteiger partial charge in [0.2, 0.25) is 17.7 Å². The summed E-state index contributed by atoms with van der Waals surface area (Å²) in [6.07, 6.45) is 4.06. The molecule has 4 aromatic rings. The number of ether oxygens (including phenoxy) is 2. The van der Waals surface area contributed by atoms with Crippen LogP contribution in [0.15, 0.2) is 85.1 Å². The number of hydrogen-bond donors (Lipinski definition) is 7. The quantitative estimate of drug-likeness (QED) is 0.0196. The predicted molar refractivity (Wildman–Crippen MR) is 306 cm³/mol. The first-order valence-corrected chi connectivity index (χ1v) is 28.8. The van der Waals surface area contributed by atoms with Crippen molar-refractivity contribution in [2.24, 2.45) is 23.5 Å². The summed E-state index contributed by atoms with van der Waals surface area (Å²) in [5.74, 6) is -5.95. The van der Waals surface area contributed by atoms with Gasteiger partial charge in [-0.2, -0.15) is 0 Å². The van der Waals surface area contributed by atoms with Crippen LogP contribution in [0.5, 0.6) is 0 Å². The van der Waals surface area contributed by atoms with Crippen molar-refractivity contribution in [1.29, 1.82) is 0 Å². The molecular formula is C60H75F4N11O11. The third kappa shape index (κ3) is 18.3. The fraction of sp³-hybridized carbons (Fsp3) is 0.483. The van der Waals surface area contributed by atoms with E-state index in [2.05, 4.69) is 26.6 Å². The number of anilines is 1. The number of aromatic nitrogens is 2. The maximum atomic E-state index is 16.5. The Balaban J connectivity index is 0.998. The second kappa shape index (κ2) is 31.1. The highest BCUT2D eigenvalue weighted by molar-refractivity contribution is 6.12. The molecule has 26 heteroatoms. The number of hydrogen-bond acceptors (Lipinski definition) is 12. The number of aliphatic hydroxyl groups excluding tert-OH is 1. The third-order valence-corrected chi connectivity index (χ3v) is 15.2. The normalized spacial score (nSPS) is 17.5. The molecular weight excluding hydrogens is 1130 g/mol. The molecule has 3 aliphatic rings. The van der Waals surface area contributed by atoms with Crippen molar-refractivity contribution in [3.05, 3.63) is 119 Å². The molecule has 2 saturated heterocycles. The fourth-order valence-electron chi connectivity index (χ4n) is 10.5. The van der Waals surface area contributed by atoms with Gasteiger partial charge in [-0.05, 0) is 111 Å². The Morgan fingerprint density at radius 2 is 1.57 bits per heavy atom. The van der Waals surface area contributed by atoms with Crippen LogP contribution < -0.4 is 32.3 Å². The number of imidazole rings is 1. The number of likely N-dealkylation sites (tertiary alicyclic amines) is 1. The Bertz CT molecular complexity index is 3050. The van der Waals surface area contributed by atoms with E-state index in [4.69, 9.17) is 20.2 Å². The molecule has 0 radical (unpaired) electrons. The SMILES string of the molecule is CC(CO)NC(=O)N(CC1CN(C(=O)OCc2ccc(NC(=O)C(CCCNC(N)=O)NC(=O)C(NC(=O)CCCCCN3C(=O)C=CC3=O)C(C)C)cc2)CC1F)C(c1nc(-c2cc(F)ccc2F)cn1Cc1cccc(F)c1)C1CCOCC1. The van der Waals surface area contributed by atoms with Crippen LogP contribution in [0.3, 0.4) is 0 Å². The number of imide groups is 1. The van der Waals surface area contributed by atoms with Crippen molar-refractivity contribution >= 4 is 53.4 Å². The number of urea groups is 2. The van der Waals surface area contributed by atoms with E-state index in [9.17, 15) is 52.2 Å². The van der Waals surface area contributed by atoms with Crippen molar-refractivity contribution < 1.29 is 70.5 Å². The van der Waals surface area contributed by atoms with E-state index in [1.54, 1.807) is 55.7 Å². The number of rotatable bonds is 28. The van der Waals surface area contributed by atoms with Gasteiger partial charge < -0.3 is 61.3 Å². The molecule has 10 amide bonds. The Morgan fingerprint density at radius 1 is 0.849 bits per heavy atom. The number of nitrogens with one attached hydrogen (secondary N) is 5. The first-order chi connectivity index (χ1) is 41.2. The minimum atomic E-state index is -1.66. The molecule has 0 spiro atoms. The minimum absolute atomic E-state index is 0.00642. The van der Waals surface area contributed by atoms with Gasteiger partial charge in [0.15, 0.2) is 0 Å². The number of halogens is 4. The molecule has 0 saturated carbocycles. The molecule has 6 atom stereocenters. The standard InChI is InChI=1S/C60H75F4N11O11/c1-36(2)53(71-50(77)12-5-4-6-24-74-51(78)19-20-52(74)79)57(81)70-48(11-8-23-66-58(65)82)56(80)68-44-16-13-38(14-17-44)35-86-60(84)73-30-41(47(64)32-73)31-75(59(83)67-37(3)34-76)54(40-21-25-85-26-22-40)55-69-49(45-28-43(62)15-18-46(45)63)33-72(55)29-39-9-7-10-42(61)27-39/h7,9-10,13-20,27-28,33,36-37,40-41,47-48,53-54,76H,4-6,8,11-12,21-26,29-32,34-35H2,1-3H3,(H,67,83)(H,68,80)(H,70,81)(H,71,77)(H3,65,66,82). The average molecular weight is 1200 g/mol. The van der Waals surface area contributed by atoms with E-state index in [1.807, 2.05) is 0 Å². The number of carbonyl (C=O) groups excluding carboxylic acids is 8. The zero-order valence-electron chi connectivity index (χ0n) is 48.3. The second-order valence-corrected chi connectivity index (χ2v) is 22.1. The molecule has 1 aromatic heterocycles. The Kier molecular flexibility index (Phi) is 23.6. The van der Waals surface area contributed by atoms with Crippen molar-refractivity contribution in [3.8, 4) is 11.3 Å². The number of aliphatic hydroxyl groups is 1. The van der Waals surface area contributed by atoms with Gasteiger partial charge in [-0.15, -0.1) is 0 Å². The first-order valence-electron chi connectivity index (χ1n) is 28.8. The zero-order chi connectivity index (χ0) is 62.0. The largest absolute Gasteiger partial charge is 0.445 e. The molecule has 86 heavy (non-hydrogen) atoms. The van der Waals surface area contributed by atoms with E-state index in [0.29, 0.717) is 62.1 Å². The third-order valence-electron chi connectivity index (χ3n) is 15.2. The summed E-state index contributed by atoms with van der Waals surface area (Å²) in [7, 11) is 0. The lowest BCUT2D eigenvalue weighted by molar-refractivity contribution is -0.137. The summed E-state index contributed by atoms with van der Waals surface area (Å²) in [5.41, 5.74) is 6.38. The topological polar surface area (TPSA) is 289 Å². The highest BCUT2D eigenvalue weighted by Crippen LogP contribution is 2.39. The molecule has 22 nitrogen and oxygen atoms in total. The van der Waals surface area contributed by atoms with Crippen molar-refractivity contribution in [1.82, 2.24) is 45.5 Å². The Labute approximate surface area is 495 Å². The highest BCUT2D eigenvalue weighted by atomic mass is 19.1. The number of carbonyl (C=O) groups is 8. The van der Waals surface area contributed by atoms with Crippen LogP contribution >= 0.6 is 0 Å². The van der Waals surface area contributed by atoms with Crippen LogP contribution in [-0.2, 0) is 46.6 Å². The maximum absolute atomic E-state index is 16.5. The van der Waals surface area contributed by atoms with Gasteiger partial charge in [-0.25, -0.2) is 36.9 Å². The van der Waals surface area contributed by atoms with Crippen molar-refractivity contribution in [2.45, 2.75) is 116 Å². The molecule has 7 rings (SSSR count). The lowest BCUT2D eigenvalue weighted by Crippen LogP contribution is -2.54.